The molecule has 0 aliphatic rings. The van der Waals surface area contributed by atoms with E-state index in [4.69, 9.17) is 16.3 Å². The molecule has 1 amide bonds. The van der Waals surface area contributed by atoms with Crippen molar-refractivity contribution in [1.82, 2.24) is 10.3 Å². The van der Waals surface area contributed by atoms with Gasteiger partial charge >= 0.3 is 0 Å². The van der Waals surface area contributed by atoms with Crippen LogP contribution >= 0.6 is 11.6 Å². The van der Waals surface area contributed by atoms with Crippen LogP contribution in [0, 0.1) is 6.92 Å². The molecule has 0 bridgehead atoms. The van der Waals surface area contributed by atoms with Crippen LogP contribution in [0.4, 0.5) is 0 Å². The molecule has 0 aromatic carbocycles. The minimum Gasteiger partial charge on any atom is -0.374 e. The smallest absolute Gasteiger partial charge is 0.251 e. The molecule has 100 valence electrons. The summed E-state index contributed by atoms with van der Waals surface area (Å²) in [5.74, 6) is -0.171. The van der Waals surface area contributed by atoms with Crippen molar-refractivity contribution >= 4 is 17.5 Å². The molecule has 0 unspecified atom stereocenters. The summed E-state index contributed by atoms with van der Waals surface area (Å²) in [6, 6.07) is 3.26. The van der Waals surface area contributed by atoms with E-state index in [0.717, 1.165) is 5.69 Å². The van der Waals surface area contributed by atoms with Gasteiger partial charge in [0.1, 0.15) is 5.15 Å². The Morgan fingerprint density at radius 2 is 2.17 bits per heavy atom. The summed E-state index contributed by atoms with van der Waals surface area (Å²) < 4.78 is 5.51. The highest BCUT2D eigenvalue weighted by molar-refractivity contribution is 6.29. The summed E-state index contributed by atoms with van der Waals surface area (Å²) in [6.07, 6.45) is 0. The Morgan fingerprint density at radius 1 is 1.50 bits per heavy atom. The molecule has 0 spiro atoms. The lowest BCUT2D eigenvalue weighted by molar-refractivity contribution is -0.00815. The summed E-state index contributed by atoms with van der Waals surface area (Å²) in [5.41, 5.74) is 0.854. The van der Waals surface area contributed by atoms with Gasteiger partial charge in [-0.3, -0.25) is 4.79 Å². The average Bonchev–Trinajstić information content (AvgIpc) is 2.24. The molecule has 1 aromatic heterocycles. The third kappa shape index (κ3) is 4.63. The highest BCUT2D eigenvalue weighted by Gasteiger charge is 2.19. The number of carbonyl (C=O) groups is 1. The lowest BCUT2D eigenvalue weighted by atomic mass is 10.1. The lowest BCUT2D eigenvalue weighted by Gasteiger charge is -2.24. The van der Waals surface area contributed by atoms with Crippen molar-refractivity contribution in [3.63, 3.8) is 0 Å². The van der Waals surface area contributed by atoms with E-state index in [0.29, 0.717) is 23.9 Å². The third-order valence-electron chi connectivity index (χ3n) is 2.39. The van der Waals surface area contributed by atoms with Crippen LogP contribution in [0.1, 0.15) is 36.8 Å². The van der Waals surface area contributed by atoms with Crippen LogP contribution in [0.25, 0.3) is 0 Å². The molecular weight excluding hydrogens is 252 g/mol. The molecule has 1 rings (SSSR count). The molecule has 0 saturated heterocycles. The fraction of sp³-hybridized carbons (Fsp3) is 0.538. The summed E-state index contributed by atoms with van der Waals surface area (Å²) in [6.45, 7) is 8.65. The zero-order valence-electron chi connectivity index (χ0n) is 11.2. The molecule has 0 saturated carbocycles. The maximum atomic E-state index is 11.9. The summed E-state index contributed by atoms with van der Waals surface area (Å²) in [5, 5.41) is 3.15. The molecule has 4 nitrogen and oxygen atoms in total. The molecule has 1 aromatic rings. The molecule has 1 heterocycles. The first kappa shape index (κ1) is 14.9. The van der Waals surface area contributed by atoms with Crippen LogP contribution in [-0.2, 0) is 4.74 Å². The summed E-state index contributed by atoms with van der Waals surface area (Å²) >= 11 is 5.82. The molecule has 0 fully saturated rings. The predicted molar refractivity (Wildman–Crippen MR) is 72.0 cm³/mol. The van der Waals surface area contributed by atoms with Gasteiger partial charge in [0.05, 0.1) is 5.60 Å². The van der Waals surface area contributed by atoms with E-state index in [1.54, 1.807) is 19.1 Å². The SMILES string of the molecule is CCOC(C)(C)CNC(=O)c1cc(C)nc(Cl)c1. The van der Waals surface area contributed by atoms with Crippen LogP contribution in [0.15, 0.2) is 12.1 Å². The zero-order valence-corrected chi connectivity index (χ0v) is 12.0. The van der Waals surface area contributed by atoms with Crippen LogP contribution < -0.4 is 5.32 Å². The molecular formula is C13H19ClN2O2. The molecule has 5 heteroatoms. The lowest BCUT2D eigenvalue weighted by Crippen LogP contribution is -2.40. The number of rotatable bonds is 5. The summed E-state index contributed by atoms with van der Waals surface area (Å²) in [4.78, 5) is 16.0. The second-order valence-electron chi connectivity index (χ2n) is 4.70. The number of hydrogen-bond donors (Lipinski definition) is 1. The number of halogens is 1. The Morgan fingerprint density at radius 3 is 2.72 bits per heavy atom. The molecule has 0 atom stereocenters. The normalized spacial score (nSPS) is 11.4. The Bertz CT molecular complexity index is 413. The Balaban J connectivity index is 2.66. The van der Waals surface area contributed by atoms with Crippen LogP contribution in [-0.4, -0.2) is 29.6 Å². The van der Waals surface area contributed by atoms with Crippen molar-refractivity contribution in [1.29, 1.82) is 0 Å². The van der Waals surface area contributed by atoms with Crippen LogP contribution in [0.5, 0.6) is 0 Å². The van der Waals surface area contributed by atoms with Gasteiger partial charge in [-0.1, -0.05) is 11.6 Å². The zero-order chi connectivity index (χ0) is 13.8. The molecule has 0 aliphatic carbocycles. The monoisotopic (exact) mass is 270 g/mol. The predicted octanol–water partition coefficient (Wildman–Crippen LogP) is 2.59. The van der Waals surface area contributed by atoms with Gasteiger partial charge < -0.3 is 10.1 Å². The third-order valence-corrected chi connectivity index (χ3v) is 2.59. The van der Waals surface area contributed by atoms with Gasteiger partial charge in [0.25, 0.3) is 5.91 Å². The number of aryl methyl sites for hydroxylation is 1. The quantitative estimate of drug-likeness (QED) is 0.837. The number of carbonyl (C=O) groups excluding carboxylic acids is 1. The molecule has 0 aliphatic heterocycles. The second kappa shape index (κ2) is 6.16. The Hall–Kier alpha value is -1.13. The van der Waals surface area contributed by atoms with Gasteiger partial charge in [-0.05, 0) is 39.8 Å². The van der Waals surface area contributed by atoms with E-state index in [1.165, 1.54) is 0 Å². The largest absolute Gasteiger partial charge is 0.374 e. The minimum absolute atomic E-state index is 0.171. The molecule has 0 radical (unpaired) electrons. The van der Waals surface area contributed by atoms with Crippen LogP contribution in [0.3, 0.4) is 0 Å². The van der Waals surface area contributed by atoms with E-state index >= 15 is 0 Å². The number of ether oxygens (including phenoxy) is 1. The van der Waals surface area contributed by atoms with Crippen molar-refractivity contribution in [2.24, 2.45) is 0 Å². The van der Waals surface area contributed by atoms with Crippen LogP contribution in [0.2, 0.25) is 5.15 Å². The number of amides is 1. The number of pyridine rings is 1. The summed E-state index contributed by atoms with van der Waals surface area (Å²) in [7, 11) is 0. The second-order valence-corrected chi connectivity index (χ2v) is 5.08. The van der Waals surface area contributed by atoms with Gasteiger partial charge in [0.15, 0.2) is 0 Å². The van der Waals surface area contributed by atoms with Gasteiger partial charge in [-0.15, -0.1) is 0 Å². The van der Waals surface area contributed by atoms with Crippen molar-refractivity contribution in [3.8, 4) is 0 Å². The standard InChI is InChI=1S/C13H19ClN2O2/c1-5-18-13(3,4)8-15-12(17)10-6-9(2)16-11(14)7-10/h6-7H,5,8H2,1-4H3,(H,15,17). The maximum absolute atomic E-state index is 11.9. The first-order valence-electron chi connectivity index (χ1n) is 5.90. The van der Waals surface area contributed by atoms with Gasteiger partial charge in [0, 0.05) is 24.4 Å². The Labute approximate surface area is 113 Å². The fourth-order valence-electron chi connectivity index (χ4n) is 1.60. The van der Waals surface area contributed by atoms with E-state index in [-0.39, 0.29) is 11.5 Å². The highest BCUT2D eigenvalue weighted by atomic mass is 35.5. The molecule has 18 heavy (non-hydrogen) atoms. The highest BCUT2D eigenvalue weighted by Crippen LogP contribution is 2.11. The van der Waals surface area contributed by atoms with E-state index in [2.05, 4.69) is 10.3 Å². The minimum atomic E-state index is -0.379. The van der Waals surface area contributed by atoms with Crippen molar-refractivity contribution < 1.29 is 9.53 Å². The number of hydrogen-bond acceptors (Lipinski definition) is 3. The first-order chi connectivity index (χ1) is 8.34. The number of nitrogens with one attached hydrogen (secondary N) is 1. The first-order valence-corrected chi connectivity index (χ1v) is 6.28. The molecule has 1 N–H and O–H groups in total. The van der Waals surface area contributed by atoms with E-state index < -0.39 is 0 Å². The van der Waals surface area contributed by atoms with Gasteiger partial charge in [-0.25, -0.2) is 4.98 Å². The van der Waals surface area contributed by atoms with Crippen molar-refractivity contribution in [2.75, 3.05) is 13.2 Å². The van der Waals surface area contributed by atoms with Gasteiger partial charge in [0.2, 0.25) is 0 Å². The number of nitrogens with zero attached hydrogens (tertiary/aromatic N) is 1. The van der Waals surface area contributed by atoms with E-state index in [9.17, 15) is 4.79 Å². The Kier molecular flexibility index (Phi) is 5.11. The number of aromatic nitrogens is 1. The topological polar surface area (TPSA) is 51.2 Å². The fourth-order valence-corrected chi connectivity index (χ4v) is 1.85. The van der Waals surface area contributed by atoms with Crippen molar-refractivity contribution in [2.45, 2.75) is 33.3 Å². The van der Waals surface area contributed by atoms with Gasteiger partial charge in [-0.2, -0.15) is 0 Å². The maximum Gasteiger partial charge on any atom is 0.251 e. The average molecular weight is 271 g/mol. The van der Waals surface area contributed by atoms with E-state index in [1.807, 2.05) is 20.8 Å². The van der Waals surface area contributed by atoms with Crippen molar-refractivity contribution in [3.05, 3.63) is 28.5 Å².